The second-order valence-electron chi connectivity index (χ2n) is 6.36. The van der Waals surface area contributed by atoms with Crippen LogP contribution in [0, 0.1) is 0 Å². The molecule has 1 aliphatic carbocycles. The highest BCUT2D eigenvalue weighted by Gasteiger charge is 2.32. The van der Waals surface area contributed by atoms with E-state index in [0.29, 0.717) is 19.1 Å². The topological polar surface area (TPSA) is 32.3 Å². The maximum absolute atomic E-state index is 12.7. The highest BCUT2D eigenvalue weighted by atomic mass is 35.5. The Morgan fingerprint density at radius 1 is 1.17 bits per heavy atom. The third-order valence-electron chi connectivity index (χ3n) is 4.43. The van der Waals surface area contributed by atoms with Gasteiger partial charge in [-0.05, 0) is 37.0 Å². The van der Waals surface area contributed by atoms with E-state index in [0.717, 1.165) is 23.4 Å². The standard InChI is InChI=1S/C20H23ClN2O/c1-15(18-9-5-6-10-19(18)21)22-13-20(24)23(17-11-12-17)14-16-7-3-2-4-8-16/h2-10,15,17,22H,11-14H2,1H3. The molecule has 24 heavy (non-hydrogen) atoms. The Morgan fingerprint density at radius 3 is 2.50 bits per heavy atom. The SMILES string of the molecule is CC(NCC(=O)N(Cc1ccccc1)C1CC1)c1ccccc1Cl. The summed E-state index contributed by atoms with van der Waals surface area (Å²) in [6.45, 7) is 3.05. The number of hydrogen-bond donors (Lipinski definition) is 1. The van der Waals surface area contributed by atoms with Crippen molar-refractivity contribution in [1.82, 2.24) is 10.2 Å². The minimum absolute atomic E-state index is 0.0421. The quantitative estimate of drug-likeness (QED) is 0.818. The van der Waals surface area contributed by atoms with Crippen LogP contribution < -0.4 is 5.32 Å². The summed E-state index contributed by atoms with van der Waals surface area (Å²) in [6, 6.07) is 18.4. The van der Waals surface area contributed by atoms with Crippen LogP contribution in [0.1, 0.15) is 36.9 Å². The molecule has 0 saturated heterocycles. The Hall–Kier alpha value is -1.84. The lowest BCUT2D eigenvalue weighted by Gasteiger charge is -2.24. The molecule has 126 valence electrons. The fourth-order valence-corrected chi connectivity index (χ4v) is 3.16. The van der Waals surface area contributed by atoms with Gasteiger partial charge < -0.3 is 10.2 Å². The Bertz CT molecular complexity index is 685. The Morgan fingerprint density at radius 2 is 1.83 bits per heavy atom. The summed E-state index contributed by atoms with van der Waals surface area (Å²) in [5.74, 6) is 0.153. The summed E-state index contributed by atoms with van der Waals surface area (Å²) in [7, 11) is 0. The molecule has 0 aromatic heterocycles. The largest absolute Gasteiger partial charge is 0.334 e. The van der Waals surface area contributed by atoms with Crippen molar-refractivity contribution in [3.05, 3.63) is 70.7 Å². The molecule has 0 spiro atoms. The summed E-state index contributed by atoms with van der Waals surface area (Å²) in [5.41, 5.74) is 2.20. The molecule has 1 amide bonds. The molecular formula is C20H23ClN2O. The number of rotatable bonds is 7. The average molecular weight is 343 g/mol. The summed E-state index contributed by atoms with van der Waals surface area (Å²) in [4.78, 5) is 14.7. The van der Waals surface area contributed by atoms with Crippen LogP contribution in [-0.2, 0) is 11.3 Å². The smallest absolute Gasteiger partial charge is 0.237 e. The van der Waals surface area contributed by atoms with Gasteiger partial charge in [-0.15, -0.1) is 0 Å². The Kier molecular flexibility index (Phi) is 5.54. The van der Waals surface area contributed by atoms with Gasteiger partial charge in [-0.25, -0.2) is 0 Å². The first-order valence-corrected chi connectivity index (χ1v) is 8.84. The van der Waals surface area contributed by atoms with E-state index < -0.39 is 0 Å². The molecule has 3 nitrogen and oxygen atoms in total. The zero-order chi connectivity index (χ0) is 16.9. The zero-order valence-electron chi connectivity index (χ0n) is 13.9. The first kappa shape index (κ1) is 17.0. The van der Waals surface area contributed by atoms with E-state index in [-0.39, 0.29) is 11.9 Å². The van der Waals surface area contributed by atoms with E-state index in [4.69, 9.17) is 11.6 Å². The van der Waals surface area contributed by atoms with E-state index in [1.54, 1.807) is 0 Å². The van der Waals surface area contributed by atoms with Crippen LogP contribution in [0.5, 0.6) is 0 Å². The van der Waals surface area contributed by atoms with Crippen molar-refractivity contribution in [1.29, 1.82) is 0 Å². The number of amides is 1. The number of nitrogens with zero attached hydrogens (tertiary/aromatic N) is 1. The zero-order valence-corrected chi connectivity index (χ0v) is 14.7. The van der Waals surface area contributed by atoms with Crippen LogP contribution in [0.2, 0.25) is 5.02 Å². The van der Waals surface area contributed by atoms with Gasteiger partial charge in [0, 0.05) is 23.7 Å². The van der Waals surface area contributed by atoms with Crippen molar-refractivity contribution in [3.63, 3.8) is 0 Å². The lowest BCUT2D eigenvalue weighted by Crippen LogP contribution is -2.39. The van der Waals surface area contributed by atoms with Crippen molar-refractivity contribution in [2.24, 2.45) is 0 Å². The van der Waals surface area contributed by atoms with Crippen molar-refractivity contribution in [2.45, 2.75) is 38.4 Å². The molecule has 0 bridgehead atoms. The second-order valence-corrected chi connectivity index (χ2v) is 6.77. The average Bonchev–Trinajstić information content (AvgIpc) is 3.43. The van der Waals surface area contributed by atoms with Gasteiger partial charge in [0.1, 0.15) is 0 Å². The van der Waals surface area contributed by atoms with Gasteiger partial charge >= 0.3 is 0 Å². The van der Waals surface area contributed by atoms with E-state index in [1.165, 1.54) is 5.56 Å². The number of benzene rings is 2. The minimum Gasteiger partial charge on any atom is -0.334 e. The van der Waals surface area contributed by atoms with E-state index >= 15 is 0 Å². The molecule has 1 aliphatic rings. The molecule has 1 atom stereocenters. The normalized spacial score (nSPS) is 15.1. The molecule has 4 heteroatoms. The van der Waals surface area contributed by atoms with Gasteiger partial charge in [-0.2, -0.15) is 0 Å². The lowest BCUT2D eigenvalue weighted by molar-refractivity contribution is -0.131. The van der Waals surface area contributed by atoms with Crippen LogP contribution in [0.15, 0.2) is 54.6 Å². The molecule has 1 fully saturated rings. The molecule has 2 aromatic carbocycles. The van der Waals surface area contributed by atoms with Gasteiger partial charge in [0.05, 0.1) is 6.54 Å². The molecule has 1 N–H and O–H groups in total. The van der Waals surface area contributed by atoms with Crippen molar-refractivity contribution >= 4 is 17.5 Å². The molecular weight excluding hydrogens is 320 g/mol. The fraction of sp³-hybridized carbons (Fsp3) is 0.350. The molecule has 0 aliphatic heterocycles. The Balaban J connectivity index is 1.59. The number of nitrogens with one attached hydrogen (secondary N) is 1. The molecule has 1 unspecified atom stereocenters. The predicted molar refractivity (Wildman–Crippen MR) is 97.9 cm³/mol. The number of hydrogen-bond acceptors (Lipinski definition) is 2. The third-order valence-corrected chi connectivity index (χ3v) is 4.78. The summed E-state index contributed by atoms with van der Waals surface area (Å²) in [5, 5.41) is 4.04. The molecule has 3 rings (SSSR count). The van der Waals surface area contributed by atoms with Crippen LogP contribution in [-0.4, -0.2) is 23.4 Å². The number of halogens is 1. The first-order chi connectivity index (χ1) is 11.6. The van der Waals surface area contributed by atoms with E-state index in [2.05, 4.69) is 17.4 Å². The lowest BCUT2D eigenvalue weighted by atomic mass is 10.1. The summed E-state index contributed by atoms with van der Waals surface area (Å²) in [6.07, 6.45) is 2.22. The van der Waals surface area contributed by atoms with Crippen LogP contribution in [0.4, 0.5) is 0 Å². The number of carbonyl (C=O) groups is 1. The Labute approximate surface area is 148 Å². The minimum atomic E-state index is 0.0421. The monoisotopic (exact) mass is 342 g/mol. The molecule has 1 saturated carbocycles. The van der Waals surface area contributed by atoms with E-state index in [9.17, 15) is 4.79 Å². The van der Waals surface area contributed by atoms with Crippen LogP contribution in [0.3, 0.4) is 0 Å². The first-order valence-electron chi connectivity index (χ1n) is 8.46. The van der Waals surface area contributed by atoms with Gasteiger partial charge in [-0.1, -0.05) is 60.1 Å². The van der Waals surface area contributed by atoms with Crippen LogP contribution >= 0.6 is 11.6 Å². The highest BCUT2D eigenvalue weighted by Crippen LogP contribution is 2.28. The fourth-order valence-electron chi connectivity index (χ4n) is 2.87. The molecule has 0 radical (unpaired) electrons. The van der Waals surface area contributed by atoms with Crippen molar-refractivity contribution < 1.29 is 4.79 Å². The van der Waals surface area contributed by atoms with Crippen molar-refractivity contribution in [3.8, 4) is 0 Å². The third kappa shape index (κ3) is 4.37. The van der Waals surface area contributed by atoms with Gasteiger partial charge in [0.25, 0.3) is 0 Å². The van der Waals surface area contributed by atoms with E-state index in [1.807, 2.05) is 54.3 Å². The number of carbonyl (C=O) groups excluding carboxylic acids is 1. The second kappa shape index (κ2) is 7.82. The van der Waals surface area contributed by atoms with Crippen molar-refractivity contribution in [2.75, 3.05) is 6.54 Å². The summed E-state index contributed by atoms with van der Waals surface area (Å²) < 4.78 is 0. The highest BCUT2D eigenvalue weighted by molar-refractivity contribution is 6.31. The molecule has 0 heterocycles. The van der Waals surface area contributed by atoms with Gasteiger partial charge in [0.15, 0.2) is 0 Å². The van der Waals surface area contributed by atoms with Gasteiger partial charge in [-0.3, -0.25) is 4.79 Å². The predicted octanol–water partition coefficient (Wildman–Crippen LogP) is 4.18. The van der Waals surface area contributed by atoms with Gasteiger partial charge in [0.2, 0.25) is 5.91 Å². The van der Waals surface area contributed by atoms with Crippen LogP contribution in [0.25, 0.3) is 0 Å². The maximum Gasteiger partial charge on any atom is 0.237 e. The maximum atomic E-state index is 12.7. The molecule has 2 aromatic rings. The summed E-state index contributed by atoms with van der Waals surface area (Å²) >= 11 is 6.23.